The van der Waals surface area contributed by atoms with E-state index in [0.717, 1.165) is 52.2 Å². The highest BCUT2D eigenvalue weighted by atomic mass is 16.5. The Morgan fingerprint density at radius 2 is 1.50 bits per heavy atom. The zero-order valence-corrected chi connectivity index (χ0v) is 26.4. The number of aryl methyl sites for hydroxylation is 5. The van der Waals surface area contributed by atoms with Crippen molar-refractivity contribution < 1.29 is 9.53 Å². The number of ether oxygens (including phenoxy) is 1. The minimum absolute atomic E-state index is 0.0476. The maximum Gasteiger partial charge on any atom is 0.232 e. The lowest BCUT2D eigenvalue weighted by Gasteiger charge is -2.30. The number of carbonyl (C=O) groups is 1. The van der Waals surface area contributed by atoms with E-state index in [1.54, 1.807) is 0 Å². The number of rotatable bonds is 11. The van der Waals surface area contributed by atoms with Crippen molar-refractivity contribution in [1.82, 2.24) is 4.98 Å². The summed E-state index contributed by atoms with van der Waals surface area (Å²) in [5.74, 6) is 0.0881. The number of benzene rings is 4. The van der Waals surface area contributed by atoms with Crippen molar-refractivity contribution in [2.45, 2.75) is 65.9 Å². The van der Waals surface area contributed by atoms with Crippen LogP contribution in [0.5, 0.6) is 5.75 Å². The Labute approximate surface area is 262 Å². The molecule has 0 saturated carbocycles. The van der Waals surface area contributed by atoms with Crippen LogP contribution in [0, 0.1) is 20.8 Å². The van der Waals surface area contributed by atoms with Crippen molar-refractivity contribution in [2.75, 3.05) is 5.32 Å². The van der Waals surface area contributed by atoms with Gasteiger partial charge in [-0.15, -0.1) is 0 Å². The van der Waals surface area contributed by atoms with E-state index in [4.69, 9.17) is 4.74 Å². The molecule has 5 aromatic rings. The number of anilines is 1. The summed E-state index contributed by atoms with van der Waals surface area (Å²) >= 11 is 0. The third-order valence-electron chi connectivity index (χ3n) is 8.46. The molecule has 0 saturated heterocycles. The summed E-state index contributed by atoms with van der Waals surface area (Å²) < 4.78 is 6.42. The Morgan fingerprint density at radius 3 is 2.16 bits per heavy atom. The summed E-state index contributed by atoms with van der Waals surface area (Å²) in [5.41, 5.74) is 10.8. The maximum absolute atomic E-state index is 14.4. The molecular formula is C40H42N2O2. The van der Waals surface area contributed by atoms with Crippen LogP contribution in [0.25, 0.3) is 0 Å². The minimum atomic E-state index is -0.483. The van der Waals surface area contributed by atoms with Crippen molar-refractivity contribution in [3.05, 3.63) is 160 Å². The number of para-hydroxylation sites is 1. The first kappa shape index (κ1) is 30.7. The van der Waals surface area contributed by atoms with Gasteiger partial charge in [-0.25, -0.2) is 0 Å². The fourth-order valence-electron chi connectivity index (χ4n) is 6.19. The van der Waals surface area contributed by atoms with Crippen LogP contribution in [0.4, 0.5) is 5.69 Å². The summed E-state index contributed by atoms with van der Waals surface area (Å²) in [4.78, 5) is 19.0. The summed E-state index contributed by atoms with van der Waals surface area (Å²) in [7, 11) is 0. The van der Waals surface area contributed by atoms with Crippen molar-refractivity contribution in [1.29, 1.82) is 0 Å². The largest absolute Gasteiger partial charge is 0.489 e. The number of hydrogen-bond donors (Lipinski definition) is 1. The first-order valence-corrected chi connectivity index (χ1v) is 15.6. The minimum Gasteiger partial charge on any atom is -0.489 e. The van der Waals surface area contributed by atoms with E-state index >= 15 is 0 Å². The quantitative estimate of drug-likeness (QED) is 0.169. The summed E-state index contributed by atoms with van der Waals surface area (Å²) in [5, 5.41) is 3.22. The van der Waals surface area contributed by atoms with E-state index in [0.29, 0.717) is 6.61 Å². The van der Waals surface area contributed by atoms with Crippen molar-refractivity contribution in [2.24, 2.45) is 0 Å². The van der Waals surface area contributed by atoms with Crippen LogP contribution < -0.4 is 10.1 Å². The molecule has 1 aromatic heterocycles. The van der Waals surface area contributed by atoms with Gasteiger partial charge in [0.2, 0.25) is 5.91 Å². The number of carbonyl (C=O) groups excluding carboxylic acids is 1. The lowest BCUT2D eigenvalue weighted by Crippen LogP contribution is -2.28. The molecule has 1 amide bonds. The molecule has 44 heavy (non-hydrogen) atoms. The van der Waals surface area contributed by atoms with Gasteiger partial charge in [0.25, 0.3) is 0 Å². The molecule has 0 aliphatic heterocycles. The van der Waals surface area contributed by atoms with Gasteiger partial charge in [-0.3, -0.25) is 9.78 Å². The molecule has 4 nitrogen and oxygen atoms in total. The summed E-state index contributed by atoms with van der Waals surface area (Å²) in [6.07, 6.45) is 3.69. The van der Waals surface area contributed by atoms with Crippen molar-refractivity contribution in [3.8, 4) is 5.75 Å². The molecule has 0 aliphatic carbocycles. The maximum atomic E-state index is 14.4. The lowest BCUT2D eigenvalue weighted by molar-refractivity contribution is -0.117. The number of hydrogen-bond acceptors (Lipinski definition) is 3. The van der Waals surface area contributed by atoms with Crippen molar-refractivity contribution in [3.63, 3.8) is 0 Å². The van der Waals surface area contributed by atoms with Gasteiger partial charge < -0.3 is 10.1 Å². The summed E-state index contributed by atoms with van der Waals surface area (Å²) in [6, 6.07) is 34.9. The number of aromatic nitrogens is 1. The molecule has 2 unspecified atom stereocenters. The molecular weight excluding hydrogens is 540 g/mol. The van der Waals surface area contributed by atoms with Gasteiger partial charge in [-0.2, -0.15) is 0 Å². The average Bonchev–Trinajstić information content (AvgIpc) is 3.04. The van der Waals surface area contributed by atoms with Crippen LogP contribution in [0.2, 0.25) is 0 Å². The monoisotopic (exact) mass is 582 g/mol. The molecule has 1 N–H and O–H groups in total. The molecule has 4 heteroatoms. The van der Waals surface area contributed by atoms with Crippen LogP contribution in [0.15, 0.2) is 109 Å². The van der Waals surface area contributed by atoms with E-state index in [1.165, 1.54) is 22.3 Å². The van der Waals surface area contributed by atoms with E-state index in [2.05, 4.69) is 93.5 Å². The standard InChI is InChI=1S/C40H42N2O2/c1-6-30-22-23-41-36(7-2)35(30)26-44-37-21-19-32(25-29(37)5)39(40(43)42-33-16-12-9-13-17-33)38(31-14-10-8-11-15-31)34-20-18-27(3)24-28(34)4/h8-25,38-39H,6-7,26H2,1-5H3,(H,42,43). The lowest BCUT2D eigenvalue weighted by atomic mass is 9.75. The van der Waals surface area contributed by atoms with Crippen LogP contribution in [0.3, 0.4) is 0 Å². The normalized spacial score (nSPS) is 12.4. The molecule has 0 bridgehead atoms. The predicted octanol–water partition coefficient (Wildman–Crippen LogP) is 9.27. The Hall–Kier alpha value is -4.70. The molecule has 0 fully saturated rings. The Morgan fingerprint density at radius 1 is 0.773 bits per heavy atom. The number of amides is 1. The number of nitrogens with zero attached hydrogens (tertiary/aromatic N) is 1. The molecule has 0 spiro atoms. The van der Waals surface area contributed by atoms with Crippen LogP contribution in [-0.2, 0) is 24.2 Å². The highest BCUT2D eigenvalue weighted by Crippen LogP contribution is 2.42. The Bertz CT molecular complexity index is 1690. The van der Waals surface area contributed by atoms with E-state index in [-0.39, 0.29) is 11.8 Å². The second-order valence-electron chi connectivity index (χ2n) is 11.5. The van der Waals surface area contributed by atoms with Gasteiger partial charge >= 0.3 is 0 Å². The highest BCUT2D eigenvalue weighted by molar-refractivity contribution is 5.97. The van der Waals surface area contributed by atoms with E-state index in [9.17, 15) is 4.79 Å². The average molecular weight is 583 g/mol. The number of nitrogens with one attached hydrogen (secondary N) is 1. The molecule has 1 heterocycles. The van der Waals surface area contributed by atoms with Gasteiger partial charge in [0.05, 0.1) is 5.92 Å². The molecule has 0 radical (unpaired) electrons. The molecule has 4 aromatic carbocycles. The van der Waals surface area contributed by atoms with Crippen LogP contribution >= 0.6 is 0 Å². The van der Waals surface area contributed by atoms with Gasteiger partial charge in [-0.1, -0.05) is 98.3 Å². The summed E-state index contributed by atoms with van der Waals surface area (Å²) in [6.45, 7) is 11.1. The third-order valence-corrected chi connectivity index (χ3v) is 8.46. The molecule has 2 atom stereocenters. The van der Waals surface area contributed by atoms with Crippen molar-refractivity contribution >= 4 is 11.6 Å². The Balaban J connectivity index is 1.56. The smallest absolute Gasteiger partial charge is 0.232 e. The first-order chi connectivity index (χ1) is 21.4. The highest BCUT2D eigenvalue weighted by Gasteiger charge is 2.34. The van der Waals surface area contributed by atoms with Gasteiger partial charge in [0.15, 0.2) is 0 Å². The second kappa shape index (κ2) is 14.2. The fourth-order valence-corrected chi connectivity index (χ4v) is 6.19. The van der Waals surface area contributed by atoms with Crippen LogP contribution in [0.1, 0.15) is 75.9 Å². The van der Waals surface area contributed by atoms with Gasteiger partial charge in [-0.05, 0) is 91.3 Å². The van der Waals surface area contributed by atoms with Gasteiger partial charge in [0, 0.05) is 29.1 Å². The Kier molecular flexibility index (Phi) is 9.91. The van der Waals surface area contributed by atoms with Crippen LogP contribution in [-0.4, -0.2) is 10.9 Å². The predicted molar refractivity (Wildman–Crippen MR) is 181 cm³/mol. The SMILES string of the molecule is CCc1ccnc(CC)c1COc1ccc(C(C(=O)Nc2ccccc2)C(c2ccccc2)c2ccc(C)cc2C)cc1C. The molecule has 5 rings (SSSR count). The van der Waals surface area contributed by atoms with Gasteiger partial charge in [0.1, 0.15) is 12.4 Å². The topological polar surface area (TPSA) is 51.2 Å². The molecule has 224 valence electrons. The fraction of sp³-hybridized carbons (Fsp3) is 0.250. The zero-order valence-electron chi connectivity index (χ0n) is 26.4. The van der Waals surface area contributed by atoms with E-state index < -0.39 is 5.92 Å². The van der Waals surface area contributed by atoms with E-state index in [1.807, 2.05) is 60.8 Å². The second-order valence-corrected chi connectivity index (χ2v) is 11.5. The first-order valence-electron chi connectivity index (χ1n) is 15.6. The number of pyridine rings is 1. The molecule has 0 aliphatic rings. The zero-order chi connectivity index (χ0) is 31.1. The third kappa shape index (κ3) is 6.92.